The van der Waals surface area contributed by atoms with Gasteiger partial charge in [0.25, 0.3) is 0 Å². The fourth-order valence-corrected chi connectivity index (χ4v) is 12.7. The third-order valence-corrected chi connectivity index (χ3v) is 17.5. The van der Waals surface area contributed by atoms with E-state index in [0.29, 0.717) is 19.8 Å². The van der Waals surface area contributed by atoms with Crippen LogP contribution in [0.15, 0.2) is 126 Å². The molecule has 0 aliphatic carbocycles. The molecule has 12 rings (SSSR count). The molecule has 19 nitrogen and oxygen atoms in total. The summed E-state index contributed by atoms with van der Waals surface area (Å²) in [5.74, 6) is -1.20. The summed E-state index contributed by atoms with van der Waals surface area (Å²) in [4.78, 5) is 2.88. The molecule has 0 radical (unpaired) electrons. The highest BCUT2D eigenvalue weighted by molar-refractivity contribution is 5.20. The molecule has 0 aromatic heterocycles. The number of rotatable bonds is 17. The van der Waals surface area contributed by atoms with E-state index < -0.39 is 117 Å². The van der Waals surface area contributed by atoms with Gasteiger partial charge in [-0.05, 0) is 24.3 Å². The Hall–Kier alpha value is -4.45. The van der Waals surface area contributed by atoms with Crippen molar-refractivity contribution in [1.29, 1.82) is 0 Å². The number of ether oxygens (including phenoxy) is 16. The molecule has 8 saturated heterocycles. The van der Waals surface area contributed by atoms with Gasteiger partial charge in [-0.2, -0.15) is 0 Å². The van der Waals surface area contributed by atoms with Crippen LogP contribution in [0.2, 0.25) is 0 Å². The van der Waals surface area contributed by atoms with Gasteiger partial charge in [0.1, 0.15) is 42.7 Å². The Morgan fingerprint density at radius 1 is 0.395 bits per heavy atom. The molecular formula is C62H77N3O16. The quantitative estimate of drug-likeness (QED) is 0.0419. The normalized spacial score (nSPS) is 41.3. The van der Waals surface area contributed by atoms with E-state index in [-0.39, 0.29) is 49.8 Å². The lowest BCUT2D eigenvalue weighted by Crippen LogP contribution is -2.66. The first kappa shape index (κ1) is 57.0. The maximum absolute atomic E-state index is 8.75. The van der Waals surface area contributed by atoms with E-state index in [1.165, 1.54) is 0 Å². The van der Waals surface area contributed by atoms with Crippen LogP contribution in [-0.4, -0.2) is 132 Å². The Morgan fingerprint density at radius 2 is 0.728 bits per heavy atom. The lowest BCUT2D eigenvalue weighted by Gasteiger charge is -2.54. The summed E-state index contributed by atoms with van der Waals surface area (Å²) >= 11 is 0. The predicted molar refractivity (Wildman–Crippen MR) is 289 cm³/mol. The number of fused-ring (bicyclic) bond motifs is 4. The third-order valence-electron chi connectivity index (χ3n) is 17.5. The summed E-state index contributed by atoms with van der Waals surface area (Å²) in [5.41, 5.74) is 12.4. The molecule has 19 heteroatoms. The van der Waals surface area contributed by atoms with Crippen LogP contribution in [0.25, 0.3) is 10.4 Å². The van der Waals surface area contributed by atoms with Crippen LogP contribution in [0.1, 0.15) is 101 Å². The smallest absolute Gasteiger partial charge is 0.184 e. The minimum absolute atomic E-state index is 0.0578. The molecule has 436 valence electrons. The Bertz CT molecular complexity index is 2650. The minimum Gasteiger partial charge on any atom is -0.352 e. The van der Waals surface area contributed by atoms with Gasteiger partial charge in [0.2, 0.25) is 0 Å². The van der Waals surface area contributed by atoms with Gasteiger partial charge in [-0.1, -0.05) is 167 Å². The van der Waals surface area contributed by atoms with Crippen molar-refractivity contribution in [2.75, 3.05) is 39.6 Å². The van der Waals surface area contributed by atoms with Crippen molar-refractivity contribution in [2.45, 2.75) is 171 Å². The second-order valence-electron chi connectivity index (χ2n) is 22.9. The van der Waals surface area contributed by atoms with Crippen LogP contribution in [0, 0.1) is 29.6 Å². The molecule has 12 unspecified atom stereocenters. The number of hydrogen-bond donors (Lipinski definition) is 0. The number of unbranched alkanes of at least 4 members (excludes halogenated alkanes) is 2. The summed E-state index contributed by atoms with van der Waals surface area (Å²) in [6, 6.07) is 39.7. The Morgan fingerprint density at radius 3 is 1.11 bits per heavy atom. The highest BCUT2D eigenvalue weighted by Crippen LogP contribution is 2.47. The van der Waals surface area contributed by atoms with E-state index in [4.69, 9.17) is 81.3 Å². The number of benzene rings is 4. The van der Waals surface area contributed by atoms with Gasteiger partial charge < -0.3 is 75.8 Å². The molecule has 8 aliphatic heterocycles. The van der Waals surface area contributed by atoms with E-state index in [1.54, 1.807) is 0 Å². The highest BCUT2D eigenvalue weighted by Gasteiger charge is 2.58. The first-order valence-corrected chi connectivity index (χ1v) is 29.2. The Kier molecular flexibility index (Phi) is 18.5. The largest absolute Gasteiger partial charge is 0.352 e. The van der Waals surface area contributed by atoms with Gasteiger partial charge >= 0.3 is 0 Å². The molecule has 4 aromatic rings. The Balaban J connectivity index is 0.818. The van der Waals surface area contributed by atoms with E-state index in [9.17, 15) is 0 Å². The SMILES string of the molecule is CC1[C@H](O[C@@H]2C(C)[C@H](O[C@@H]3C(C)[C@H](O[C@@H]4C(C)[C@H](OCCCCCN=[N+]=[N-])OC5COC(c6ccccc6)O[C@H]54)OC4COC(c5ccccc5)O[C@H]43)OC3COC(c4ccccc4)O[C@H]32)OC2COC(c3ccccc3)O[C@H]2[C@@H]1C. The van der Waals surface area contributed by atoms with Gasteiger partial charge in [-0.25, -0.2) is 0 Å². The molecule has 0 N–H and O–H groups in total. The molecule has 0 spiro atoms. The van der Waals surface area contributed by atoms with Crippen LogP contribution in [0.3, 0.4) is 0 Å². The van der Waals surface area contributed by atoms with Crippen molar-refractivity contribution in [3.8, 4) is 0 Å². The molecule has 8 aliphatic rings. The van der Waals surface area contributed by atoms with Crippen LogP contribution < -0.4 is 0 Å². The molecular weight excluding hydrogens is 1040 g/mol. The maximum atomic E-state index is 8.75. The van der Waals surface area contributed by atoms with Gasteiger partial charge in [0.15, 0.2) is 50.3 Å². The molecule has 81 heavy (non-hydrogen) atoms. The lowest BCUT2D eigenvalue weighted by molar-refractivity contribution is -0.417. The third kappa shape index (κ3) is 12.5. The summed E-state index contributed by atoms with van der Waals surface area (Å²) in [5, 5.41) is 3.68. The molecule has 8 heterocycles. The van der Waals surface area contributed by atoms with Gasteiger partial charge in [-0.15, -0.1) is 0 Å². The maximum Gasteiger partial charge on any atom is 0.184 e. The van der Waals surface area contributed by atoms with Crippen molar-refractivity contribution in [3.05, 3.63) is 154 Å². The summed E-state index contributed by atoms with van der Waals surface area (Å²) < 4.78 is 109. The standard InChI is InChI=1S/C62H77N3O16/c1-35-36(2)56(72-44-31-67-59(75-48(35)44)40-21-11-6-12-22-40)76-50-38(4)58(74-46-33-69-61(80-53(46)50)42-25-15-8-16-26-42)78-51-39(5)57(73-47-34-70-62(81-54(47)51)43-27-17-9-18-28-43)77-49-37(3)55(66-30-20-10-19-29-64-65-63)71-45-32-68-60(79-52(45)49)41-23-13-7-14-24-41/h6-9,11-18,21-28,35-39,44-62H,10,19-20,29-34H2,1-5H3/t35-,36?,37?,38?,39?,44?,45?,46?,47?,48+,49-,50-,51-,52-,53-,54-,55-,56+,57+,58+,59?,60?,61?,62?/m1/s1. The van der Waals surface area contributed by atoms with Crippen molar-refractivity contribution >= 4 is 0 Å². The van der Waals surface area contributed by atoms with E-state index in [0.717, 1.165) is 41.5 Å². The van der Waals surface area contributed by atoms with Crippen molar-refractivity contribution in [3.63, 3.8) is 0 Å². The second-order valence-corrected chi connectivity index (χ2v) is 22.9. The zero-order valence-corrected chi connectivity index (χ0v) is 46.6. The van der Waals surface area contributed by atoms with E-state index in [1.807, 2.05) is 121 Å². The first-order chi connectivity index (χ1) is 39.7. The summed E-state index contributed by atoms with van der Waals surface area (Å²) in [6.07, 6.45) is -8.89. The summed E-state index contributed by atoms with van der Waals surface area (Å²) in [6.45, 7) is 12.5. The average molecular weight is 1120 g/mol. The molecule has 8 fully saturated rings. The van der Waals surface area contributed by atoms with Gasteiger partial charge in [0, 0.05) is 64.0 Å². The second kappa shape index (κ2) is 26.2. The van der Waals surface area contributed by atoms with Crippen molar-refractivity contribution < 1.29 is 75.8 Å². The average Bonchev–Trinajstić information content (AvgIpc) is 3.63. The highest BCUT2D eigenvalue weighted by atomic mass is 16.8. The van der Waals surface area contributed by atoms with Crippen LogP contribution in [-0.2, 0) is 75.8 Å². The molecule has 0 saturated carbocycles. The molecule has 4 aromatic carbocycles. The number of nitrogens with zero attached hydrogens (tertiary/aromatic N) is 3. The predicted octanol–water partition coefficient (Wildman–Crippen LogP) is 10.2. The first-order valence-electron chi connectivity index (χ1n) is 29.2. The van der Waals surface area contributed by atoms with Gasteiger partial charge in [-0.3, -0.25) is 0 Å². The lowest BCUT2D eigenvalue weighted by atomic mass is 9.83. The molecule has 0 amide bonds. The fraction of sp³-hybridized carbons (Fsp3) is 0.613. The molecule has 24 atom stereocenters. The van der Waals surface area contributed by atoms with E-state index in [2.05, 4.69) is 44.6 Å². The monoisotopic (exact) mass is 1120 g/mol. The van der Waals surface area contributed by atoms with Crippen LogP contribution in [0.4, 0.5) is 0 Å². The van der Waals surface area contributed by atoms with Crippen molar-refractivity contribution in [1.82, 2.24) is 0 Å². The fourth-order valence-electron chi connectivity index (χ4n) is 12.7. The Labute approximate surface area is 473 Å². The van der Waals surface area contributed by atoms with E-state index >= 15 is 0 Å². The number of hydrogen-bond acceptors (Lipinski definition) is 17. The topological polar surface area (TPSA) is 196 Å². The van der Waals surface area contributed by atoms with Crippen molar-refractivity contribution in [2.24, 2.45) is 34.7 Å². The van der Waals surface area contributed by atoms with Crippen LogP contribution in [0.5, 0.6) is 0 Å². The number of azide groups is 1. The van der Waals surface area contributed by atoms with Crippen LogP contribution >= 0.6 is 0 Å². The van der Waals surface area contributed by atoms with Gasteiger partial charge in [0.05, 0.1) is 50.8 Å². The molecule has 0 bridgehead atoms. The zero-order chi connectivity index (χ0) is 55.4. The zero-order valence-electron chi connectivity index (χ0n) is 46.6. The summed E-state index contributed by atoms with van der Waals surface area (Å²) in [7, 11) is 0. The minimum atomic E-state index is -0.844.